The SMILES string of the molecule is O=c1n(Cc2c(F)cccc2F)cnn1-c1ccc(Oc2c(Cl)cccc2[N+](=O)[O-])cc1. The molecule has 4 rings (SSSR count). The predicted molar refractivity (Wildman–Crippen MR) is 111 cm³/mol. The van der Waals surface area contributed by atoms with Crippen LogP contribution < -0.4 is 10.4 Å². The lowest BCUT2D eigenvalue weighted by atomic mass is 10.2. The van der Waals surface area contributed by atoms with Crippen LogP contribution >= 0.6 is 11.6 Å². The van der Waals surface area contributed by atoms with E-state index in [-0.39, 0.29) is 34.3 Å². The number of aromatic nitrogens is 3. The van der Waals surface area contributed by atoms with Crippen LogP contribution in [0.1, 0.15) is 5.56 Å². The minimum atomic E-state index is -0.764. The Hall–Kier alpha value is -4.05. The minimum Gasteiger partial charge on any atom is -0.449 e. The van der Waals surface area contributed by atoms with E-state index in [2.05, 4.69) is 5.10 Å². The summed E-state index contributed by atoms with van der Waals surface area (Å²) in [5, 5.41) is 15.2. The predicted octanol–water partition coefficient (Wildman–Crippen LogP) is 4.71. The monoisotopic (exact) mass is 458 g/mol. The Labute approximate surface area is 184 Å². The van der Waals surface area contributed by atoms with Crippen molar-refractivity contribution < 1.29 is 18.4 Å². The zero-order valence-corrected chi connectivity index (χ0v) is 16.9. The molecule has 162 valence electrons. The molecule has 0 aliphatic rings. The third kappa shape index (κ3) is 4.08. The number of hydrogen-bond donors (Lipinski definition) is 0. The van der Waals surface area contributed by atoms with Gasteiger partial charge in [0.1, 0.15) is 23.7 Å². The molecule has 0 saturated carbocycles. The molecule has 0 radical (unpaired) electrons. The summed E-state index contributed by atoms with van der Waals surface area (Å²) in [4.78, 5) is 23.2. The highest BCUT2D eigenvalue weighted by Gasteiger charge is 2.19. The maximum Gasteiger partial charge on any atom is 0.350 e. The summed E-state index contributed by atoms with van der Waals surface area (Å²) < 4.78 is 35.4. The van der Waals surface area contributed by atoms with Gasteiger partial charge < -0.3 is 4.74 Å². The van der Waals surface area contributed by atoms with Crippen molar-refractivity contribution in [3.8, 4) is 17.2 Å². The lowest BCUT2D eigenvalue weighted by molar-refractivity contribution is -0.385. The molecule has 0 bridgehead atoms. The number of para-hydroxylation sites is 1. The van der Waals surface area contributed by atoms with Gasteiger partial charge in [-0.3, -0.25) is 14.7 Å². The van der Waals surface area contributed by atoms with E-state index < -0.39 is 22.2 Å². The van der Waals surface area contributed by atoms with Crippen molar-refractivity contribution in [1.82, 2.24) is 14.3 Å². The van der Waals surface area contributed by atoms with Crippen LogP contribution in [0.5, 0.6) is 11.5 Å². The number of nitro benzene ring substituents is 1. The standard InChI is InChI=1S/C21H13ClF2N4O4/c22-16-3-1-6-19(28(30)31)20(16)32-14-9-7-13(8-10-14)27-21(29)26(12-25-27)11-15-17(23)4-2-5-18(15)24/h1-10,12H,11H2. The Morgan fingerprint density at radius 2 is 1.69 bits per heavy atom. The van der Waals surface area contributed by atoms with Crippen LogP contribution in [-0.4, -0.2) is 19.3 Å². The van der Waals surface area contributed by atoms with Gasteiger partial charge in [0, 0.05) is 11.6 Å². The van der Waals surface area contributed by atoms with Crippen molar-refractivity contribution in [2.75, 3.05) is 0 Å². The first-order valence-electron chi connectivity index (χ1n) is 9.13. The lowest BCUT2D eigenvalue weighted by Crippen LogP contribution is -2.24. The molecule has 0 unspecified atom stereocenters. The molecule has 0 fully saturated rings. The summed E-state index contributed by atoms with van der Waals surface area (Å²) in [6.45, 7) is -0.325. The average Bonchev–Trinajstić information content (AvgIpc) is 3.13. The molecule has 32 heavy (non-hydrogen) atoms. The quantitative estimate of drug-likeness (QED) is 0.308. The van der Waals surface area contributed by atoms with E-state index in [4.69, 9.17) is 16.3 Å². The molecule has 0 amide bonds. The fraction of sp³-hybridized carbons (Fsp3) is 0.0476. The smallest absolute Gasteiger partial charge is 0.350 e. The second-order valence-electron chi connectivity index (χ2n) is 6.59. The van der Waals surface area contributed by atoms with Crippen LogP contribution in [0.25, 0.3) is 5.69 Å². The molecule has 11 heteroatoms. The molecule has 0 saturated heterocycles. The van der Waals surface area contributed by atoms with Gasteiger partial charge in [-0.05, 0) is 42.5 Å². The molecule has 0 aliphatic carbocycles. The molecule has 4 aromatic rings. The molecular formula is C21H13ClF2N4O4. The molecule has 1 aromatic heterocycles. The first-order chi connectivity index (χ1) is 15.3. The van der Waals surface area contributed by atoms with Crippen LogP contribution in [0, 0.1) is 21.7 Å². The van der Waals surface area contributed by atoms with Gasteiger partial charge in [-0.15, -0.1) is 0 Å². The van der Waals surface area contributed by atoms with Crippen LogP contribution in [0.4, 0.5) is 14.5 Å². The van der Waals surface area contributed by atoms with E-state index in [0.717, 1.165) is 21.4 Å². The Kier molecular flexibility index (Phi) is 5.69. The molecule has 0 atom stereocenters. The number of hydrogen-bond acceptors (Lipinski definition) is 5. The Morgan fingerprint density at radius 1 is 1.03 bits per heavy atom. The van der Waals surface area contributed by atoms with Gasteiger partial charge >= 0.3 is 11.4 Å². The van der Waals surface area contributed by atoms with Gasteiger partial charge in [0.2, 0.25) is 5.75 Å². The number of nitrogens with zero attached hydrogens (tertiary/aromatic N) is 4. The van der Waals surface area contributed by atoms with E-state index in [9.17, 15) is 23.7 Å². The molecule has 1 heterocycles. The maximum atomic E-state index is 13.9. The first-order valence-corrected chi connectivity index (χ1v) is 9.51. The Balaban J connectivity index is 1.59. The lowest BCUT2D eigenvalue weighted by Gasteiger charge is -2.08. The molecule has 8 nitrogen and oxygen atoms in total. The Bertz CT molecular complexity index is 1350. The van der Waals surface area contributed by atoms with Crippen LogP contribution in [0.15, 0.2) is 71.8 Å². The van der Waals surface area contributed by atoms with Gasteiger partial charge in [-0.25, -0.2) is 13.6 Å². The van der Waals surface area contributed by atoms with Crippen LogP contribution in [0.3, 0.4) is 0 Å². The normalized spacial score (nSPS) is 10.8. The second kappa shape index (κ2) is 8.60. The van der Waals surface area contributed by atoms with Gasteiger partial charge in [0.05, 0.1) is 22.2 Å². The van der Waals surface area contributed by atoms with Gasteiger partial charge in [0.25, 0.3) is 0 Å². The number of nitro groups is 1. The van der Waals surface area contributed by atoms with Crippen molar-refractivity contribution in [3.63, 3.8) is 0 Å². The summed E-state index contributed by atoms with van der Waals surface area (Å²) in [5.74, 6) is -1.40. The van der Waals surface area contributed by atoms with Crippen LogP contribution in [0.2, 0.25) is 5.02 Å². The third-order valence-corrected chi connectivity index (χ3v) is 4.87. The summed E-state index contributed by atoms with van der Waals surface area (Å²) in [5.41, 5.74) is -0.803. The largest absolute Gasteiger partial charge is 0.449 e. The summed E-state index contributed by atoms with van der Waals surface area (Å²) in [7, 11) is 0. The number of halogens is 3. The maximum absolute atomic E-state index is 13.9. The zero-order chi connectivity index (χ0) is 22.8. The molecule has 3 aromatic carbocycles. The highest BCUT2D eigenvalue weighted by Crippen LogP contribution is 2.37. The van der Waals surface area contributed by atoms with Gasteiger partial charge in [-0.2, -0.15) is 9.78 Å². The summed E-state index contributed by atoms with van der Waals surface area (Å²) in [6, 6.07) is 13.6. The fourth-order valence-corrected chi connectivity index (χ4v) is 3.20. The molecular weight excluding hydrogens is 446 g/mol. The first kappa shape index (κ1) is 21.2. The fourth-order valence-electron chi connectivity index (χ4n) is 2.99. The van der Waals surface area contributed by atoms with Crippen LogP contribution in [-0.2, 0) is 6.54 Å². The average molecular weight is 459 g/mol. The Morgan fingerprint density at radius 3 is 2.34 bits per heavy atom. The van der Waals surface area contributed by atoms with Crippen molar-refractivity contribution in [2.45, 2.75) is 6.54 Å². The van der Waals surface area contributed by atoms with E-state index in [1.807, 2.05) is 0 Å². The number of benzene rings is 3. The highest BCUT2D eigenvalue weighted by molar-refractivity contribution is 6.32. The van der Waals surface area contributed by atoms with Gasteiger partial charge in [0.15, 0.2) is 0 Å². The van der Waals surface area contributed by atoms with Crippen molar-refractivity contribution in [2.24, 2.45) is 0 Å². The van der Waals surface area contributed by atoms with E-state index in [1.165, 1.54) is 54.9 Å². The summed E-state index contributed by atoms with van der Waals surface area (Å²) in [6.07, 6.45) is 1.17. The van der Waals surface area contributed by atoms with E-state index in [0.29, 0.717) is 5.69 Å². The van der Waals surface area contributed by atoms with E-state index in [1.54, 1.807) is 0 Å². The topological polar surface area (TPSA) is 92.2 Å². The second-order valence-corrected chi connectivity index (χ2v) is 7.00. The van der Waals surface area contributed by atoms with E-state index >= 15 is 0 Å². The number of ether oxygens (including phenoxy) is 1. The molecule has 0 spiro atoms. The third-order valence-electron chi connectivity index (χ3n) is 4.57. The number of rotatable bonds is 6. The van der Waals surface area contributed by atoms with Crippen molar-refractivity contribution >= 4 is 17.3 Å². The highest BCUT2D eigenvalue weighted by atomic mass is 35.5. The van der Waals surface area contributed by atoms with Crippen molar-refractivity contribution in [1.29, 1.82) is 0 Å². The summed E-state index contributed by atoms with van der Waals surface area (Å²) >= 11 is 6.02. The molecule has 0 N–H and O–H groups in total. The van der Waals surface area contributed by atoms with Crippen molar-refractivity contribution in [3.05, 3.63) is 110 Å². The van der Waals surface area contributed by atoms with Gasteiger partial charge in [-0.1, -0.05) is 23.7 Å². The molecule has 0 aliphatic heterocycles. The minimum absolute atomic E-state index is 0.0682. The zero-order valence-electron chi connectivity index (χ0n) is 16.1.